The average molecular weight is 169 g/mol. The van der Waals surface area contributed by atoms with Crippen LogP contribution in [0.1, 0.15) is 16.2 Å². The summed E-state index contributed by atoms with van der Waals surface area (Å²) in [5.74, 6) is -0.559. The number of amides is 1. The molecule has 0 spiro atoms. The first kappa shape index (κ1) is 8.66. The van der Waals surface area contributed by atoms with Crippen LogP contribution in [0.2, 0.25) is 0 Å². The second-order valence-corrected chi connectivity index (χ2v) is 2.40. The summed E-state index contributed by atoms with van der Waals surface area (Å²) in [5, 5.41) is 7.33. The number of rotatable bonds is 3. The Morgan fingerprint density at radius 2 is 2.33 bits per heavy atom. The van der Waals surface area contributed by atoms with Gasteiger partial charge in [0.1, 0.15) is 0 Å². The number of aromatic nitrogens is 3. The fraction of sp³-hybridized carbons (Fsp3) is 0.500. The lowest BCUT2D eigenvalue weighted by Gasteiger charge is -1.98. The van der Waals surface area contributed by atoms with Crippen LogP contribution in [0.5, 0.6) is 0 Å². The Bertz CT molecular complexity index is 292. The van der Waals surface area contributed by atoms with Crippen molar-refractivity contribution in [1.29, 1.82) is 0 Å². The molecule has 1 aromatic heterocycles. The maximum absolute atomic E-state index is 10.7. The topological polar surface area (TPSA) is 99.8 Å². The van der Waals surface area contributed by atoms with Gasteiger partial charge in [0.05, 0.1) is 12.2 Å². The monoisotopic (exact) mass is 169 g/mol. The molecule has 0 saturated carbocycles. The van der Waals surface area contributed by atoms with E-state index in [2.05, 4.69) is 10.3 Å². The number of nitrogens with zero attached hydrogens (tertiary/aromatic N) is 3. The molecule has 6 heteroatoms. The normalized spacial score (nSPS) is 10.2. The van der Waals surface area contributed by atoms with Gasteiger partial charge in [0.25, 0.3) is 5.91 Å². The second kappa shape index (κ2) is 3.31. The first-order chi connectivity index (χ1) is 5.66. The van der Waals surface area contributed by atoms with Crippen LogP contribution in [0.4, 0.5) is 0 Å². The van der Waals surface area contributed by atoms with E-state index in [0.29, 0.717) is 18.8 Å². The molecule has 6 nitrogen and oxygen atoms in total. The molecule has 0 fully saturated rings. The minimum atomic E-state index is -0.559. The van der Waals surface area contributed by atoms with Gasteiger partial charge in [-0.15, -0.1) is 5.10 Å². The van der Waals surface area contributed by atoms with Crippen molar-refractivity contribution in [3.05, 3.63) is 11.4 Å². The van der Waals surface area contributed by atoms with E-state index in [1.165, 1.54) is 0 Å². The second-order valence-electron chi connectivity index (χ2n) is 2.40. The fourth-order valence-electron chi connectivity index (χ4n) is 0.923. The molecule has 1 rings (SSSR count). The van der Waals surface area contributed by atoms with Crippen LogP contribution >= 0.6 is 0 Å². The maximum Gasteiger partial charge on any atom is 0.271 e. The summed E-state index contributed by atoms with van der Waals surface area (Å²) in [6.07, 6.45) is 0. The number of primary amides is 1. The smallest absolute Gasteiger partial charge is 0.271 e. The summed E-state index contributed by atoms with van der Waals surface area (Å²) < 4.78 is 1.56. The van der Waals surface area contributed by atoms with Gasteiger partial charge in [-0.1, -0.05) is 5.21 Å². The lowest BCUT2D eigenvalue weighted by Crippen LogP contribution is -2.15. The fourth-order valence-corrected chi connectivity index (χ4v) is 0.923. The van der Waals surface area contributed by atoms with E-state index in [-0.39, 0.29) is 5.69 Å². The van der Waals surface area contributed by atoms with Crippen molar-refractivity contribution in [2.24, 2.45) is 11.5 Å². The van der Waals surface area contributed by atoms with Crippen LogP contribution in [0.15, 0.2) is 0 Å². The van der Waals surface area contributed by atoms with Gasteiger partial charge in [0.2, 0.25) is 0 Å². The molecule has 0 radical (unpaired) electrons. The van der Waals surface area contributed by atoms with Gasteiger partial charge in [-0.05, 0) is 6.92 Å². The molecule has 0 aromatic carbocycles. The van der Waals surface area contributed by atoms with Crippen molar-refractivity contribution in [3.63, 3.8) is 0 Å². The molecule has 0 aliphatic carbocycles. The van der Waals surface area contributed by atoms with Crippen LogP contribution in [0.25, 0.3) is 0 Å². The van der Waals surface area contributed by atoms with Gasteiger partial charge in [-0.3, -0.25) is 4.79 Å². The number of hydrogen-bond acceptors (Lipinski definition) is 4. The third kappa shape index (κ3) is 1.42. The van der Waals surface area contributed by atoms with Gasteiger partial charge in [0.15, 0.2) is 5.69 Å². The summed E-state index contributed by atoms with van der Waals surface area (Å²) in [4.78, 5) is 10.7. The first-order valence-electron chi connectivity index (χ1n) is 3.56. The minimum Gasteiger partial charge on any atom is -0.364 e. The quantitative estimate of drug-likeness (QED) is 0.583. The highest BCUT2D eigenvalue weighted by Gasteiger charge is 2.11. The number of nitrogens with two attached hydrogens (primary N) is 2. The summed E-state index contributed by atoms with van der Waals surface area (Å²) in [7, 11) is 0. The molecule has 0 bridgehead atoms. The van der Waals surface area contributed by atoms with Crippen LogP contribution < -0.4 is 11.5 Å². The zero-order valence-corrected chi connectivity index (χ0v) is 6.82. The molecule has 12 heavy (non-hydrogen) atoms. The van der Waals surface area contributed by atoms with E-state index < -0.39 is 5.91 Å². The predicted molar refractivity (Wildman–Crippen MR) is 42.3 cm³/mol. The molecular weight excluding hydrogens is 158 g/mol. The molecule has 0 aliphatic heterocycles. The summed E-state index contributed by atoms with van der Waals surface area (Å²) in [6.45, 7) is 2.74. The van der Waals surface area contributed by atoms with Crippen LogP contribution in [0.3, 0.4) is 0 Å². The molecule has 0 aliphatic rings. The first-order valence-corrected chi connectivity index (χ1v) is 3.56. The average Bonchev–Trinajstić information content (AvgIpc) is 2.34. The Hall–Kier alpha value is -1.43. The molecule has 1 aromatic rings. The van der Waals surface area contributed by atoms with E-state index in [9.17, 15) is 4.79 Å². The zero-order chi connectivity index (χ0) is 9.14. The van der Waals surface area contributed by atoms with Crippen molar-refractivity contribution in [2.45, 2.75) is 13.5 Å². The van der Waals surface area contributed by atoms with Crippen molar-refractivity contribution in [3.8, 4) is 0 Å². The highest BCUT2D eigenvalue weighted by molar-refractivity contribution is 5.91. The number of hydrogen-bond donors (Lipinski definition) is 2. The maximum atomic E-state index is 10.7. The predicted octanol–water partition coefficient (Wildman–Crippen LogP) is -1.36. The number of carbonyl (C=O) groups excluding carboxylic acids is 1. The van der Waals surface area contributed by atoms with E-state index in [4.69, 9.17) is 11.5 Å². The van der Waals surface area contributed by atoms with Crippen LogP contribution in [-0.2, 0) is 6.54 Å². The molecule has 1 heterocycles. The van der Waals surface area contributed by atoms with Crippen molar-refractivity contribution in [2.75, 3.05) is 6.54 Å². The molecule has 66 valence electrons. The Kier molecular flexibility index (Phi) is 2.39. The molecule has 1 amide bonds. The van der Waals surface area contributed by atoms with Gasteiger partial charge in [-0.25, -0.2) is 4.68 Å². The van der Waals surface area contributed by atoms with Gasteiger partial charge >= 0.3 is 0 Å². The van der Waals surface area contributed by atoms with Crippen molar-refractivity contribution >= 4 is 5.91 Å². The van der Waals surface area contributed by atoms with Gasteiger partial charge < -0.3 is 11.5 Å². The highest BCUT2D eigenvalue weighted by Crippen LogP contribution is 2.01. The van der Waals surface area contributed by atoms with Crippen LogP contribution in [-0.4, -0.2) is 27.4 Å². The molecule has 0 unspecified atom stereocenters. The standard InChI is InChI=1S/C6H11N5O/c1-4-5(6(8)12)9-10-11(4)3-2-7/h2-3,7H2,1H3,(H2,8,12). The van der Waals surface area contributed by atoms with E-state index in [1.807, 2.05) is 0 Å². The summed E-state index contributed by atoms with van der Waals surface area (Å²) >= 11 is 0. The molecule has 0 saturated heterocycles. The van der Waals surface area contributed by atoms with Crippen LogP contribution in [0, 0.1) is 6.92 Å². The number of carbonyl (C=O) groups is 1. The third-order valence-electron chi connectivity index (χ3n) is 1.56. The van der Waals surface area contributed by atoms with Gasteiger partial charge in [0, 0.05) is 6.54 Å². The lowest BCUT2D eigenvalue weighted by atomic mass is 10.3. The van der Waals surface area contributed by atoms with E-state index >= 15 is 0 Å². The highest BCUT2D eigenvalue weighted by atomic mass is 16.1. The van der Waals surface area contributed by atoms with E-state index in [0.717, 1.165) is 0 Å². The third-order valence-corrected chi connectivity index (χ3v) is 1.56. The Morgan fingerprint density at radius 1 is 1.67 bits per heavy atom. The zero-order valence-electron chi connectivity index (χ0n) is 6.82. The molecular formula is C6H11N5O. The lowest BCUT2D eigenvalue weighted by molar-refractivity contribution is 0.0995. The summed E-state index contributed by atoms with van der Waals surface area (Å²) in [6, 6.07) is 0. The molecule has 0 atom stereocenters. The largest absolute Gasteiger partial charge is 0.364 e. The Balaban J connectivity index is 2.96. The van der Waals surface area contributed by atoms with E-state index in [1.54, 1.807) is 11.6 Å². The van der Waals surface area contributed by atoms with Gasteiger partial charge in [-0.2, -0.15) is 0 Å². The molecule has 4 N–H and O–H groups in total. The Morgan fingerprint density at radius 3 is 2.75 bits per heavy atom. The Labute approximate surface area is 69.5 Å². The van der Waals surface area contributed by atoms with Crippen molar-refractivity contribution < 1.29 is 4.79 Å². The minimum absolute atomic E-state index is 0.212. The SMILES string of the molecule is Cc1c(C(N)=O)nnn1CCN. The summed E-state index contributed by atoms with van der Waals surface area (Å²) in [5.41, 5.74) is 11.2. The van der Waals surface area contributed by atoms with Crippen molar-refractivity contribution in [1.82, 2.24) is 15.0 Å².